The van der Waals surface area contributed by atoms with Crippen molar-refractivity contribution >= 4 is 44.8 Å². The monoisotopic (exact) mass is 929 g/mol. The molecule has 2 nitrogen and oxygen atoms in total. The Bertz CT molecular complexity index is 2500. The molecule has 0 saturated carbocycles. The van der Waals surface area contributed by atoms with Crippen LogP contribution in [-0.4, -0.2) is 18.0 Å². The minimum absolute atomic E-state index is 0. The molecule has 0 aliphatic heterocycles. The van der Waals surface area contributed by atoms with Crippen molar-refractivity contribution in [1.29, 1.82) is 0 Å². The number of thiophene rings is 1. The van der Waals surface area contributed by atoms with Crippen molar-refractivity contribution in [2.75, 3.05) is 0 Å². The summed E-state index contributed by atoms with van der Waals surface area (Å²) in [7, 11) is -1.37. The smallest absolute Gasteiger partial charge is 0.0798 e. The van der Waals surface area contributed by atoms with Gasteiger partial charge in [0.25, 0.3) is 0 Å². The van der Waals surface area contributed by atoms with E-state index in [0.717, 1.165) is 28.9 Å². The van der Waals surface area contributed by atoms with Crippen LogP contribution < -0.4 is 5.19 Å². The van der Waals surface area contributed by atoms with E-state index in [9.17, 15) is 0 Å². The summed E-state index contributed by atoms with van der Waals surface area (Å²) in [6, 6.07) is 53.6. The van der Waals surface area contributed by atoms with Gasteiger partial charge in [-0.15, -0.1) is 59.7 Å². The van der Waals surface area contributed by atoms with Crippen molar-refractivity contribution in [3.05, 3.63) is 175 Å². The number of hydrogen-bond donors (Lipinski definition) is 0. The normalized spacial score (nSPS) is 12.1. The predicted octanol–water partition coefficient (Wildman–Crippen LogP) is 13.4. The topological polar surface area (TPSA) is 25.8 Å². The van der Waals surface area contributed by atoms with Gasteiger partial charge >= 0.3 is 0 Å². The van der Waals surface area contributed by atoms with Crippen molar-refractivity contribution < 1.29 is 20.1 Å². The molecule has 55 heavy (non-hydrogen) atoms. The maximum absolute atomic E-state index is 4.76. The predicted molar refractivity (Wildman–Crippen MR) is 235 cm³/mol. The minimum atomic E-state index is -1.37. The number of fused-ring (bicyclic) bond motifs is 3. The first-order valence-corrected chi connectivity index (χ1v) is 23.2. The molecule has 279 valence electrons. The minimum Gasteiger partial charge on any atom is -0.305 e. The van der Waals surface area contributed by atoms with Crippen LogP contribution in [-0.2, 0) is 26.5 Å². The Labute approximate surface area is 346 Å². The van der Waals surface area contributed by atoms with Crippen LogP contribution in [0.1, 0.15) is 50.3 Å². The molecule has 0 fully saturated rings. The molecule has 5 heteroatoms. The fourth-order valence-electron chi connectivity index (χ4n) is 7.22. The SMILES string of the molecule is CC(C)(C)Cc1cc(-c2[c-]cccc2)ncc1[Si](C)(C)C.CC(c1ccccc1)c1ccnc(-c2[c-]ccc3c2sc2cccc(-c4ccccc4)c23)c1.[Ir]. The van der Waals surface area contributed by atoms with Crippen LogP contribution in [0.3, 0.4) is 0 Å². The molecule has 0 aliphatic carbocycles. The van der Waals surface area contributed by atoms with Crippen LogP contribution >= 0.6 is 11.3 Å². The Hall–Kier alpha value is -4.51. The standard InChI is InChI=1S/C31H22NS.C19H26NSi.Ir/c1-21(22-10-4-2-5-11-22)24-18-19-32-28(20-24)26-15-8-16-27-30-25(23-12-6-3-7-13-23)14-9-17-29(30)33-31(26)27;1-19(2,3)13-16-12-17(15-10-8-7-9-11-15)20-14-18(16)21(4,5)6;/h2-14,16-21H,1H3;7-10,12,14H,13H2,1-6H3;/q2*-1;. The Balaban J connectivity index is 0.000000204. The maximum Gasteiger partial charge on any atom is 0.0798 e. The Morgan fingerprint density at radius 1 is 0.709 bits per heavy atom. The van der Waals surface area contributed by atoms with Gasteiger partial charge in [-0.05, 0) is 72.9 Å². The summed E-state index contributed by atoms with van der Waals surface area (Å²) in [5.74, 6) is 0.305. The van der Waals surface area contributed by atoms with Gasteiger partial charge in [0.15, 0.2) is 0 Å². The maximum atomic E-state index is 4.76. The molecule has 8 rings (SSSR count). The second-order valence-electron chi connectivity index (χ2n) is 16.3. The van der Waals surface area contributed by atoms with Crippen LogP contribution in [0.4, 0.5) is 0 Å². The third kappa shape index (κ3) is 9.31. The average Bonchev–Trinajstić information content (AvgIpc) is 3.57. The molecular formula is C50H48IrN2SSi-2. The van der Waals surface area contributed by atoms with Crippen molar-refractivity contribution in [1.82, 2.24) is 9.97 Å². The summed E-state index contributed by atoms with van der Waals surface area (Å²) in [5.41, 5.74) is 11.0. The van der Waals surface area contributed by atoms with Crippen LogP contribution in [0.5, 0.6) is 0 Å². The van der Waals surface area contributed by atoms with E-state index in [0.29, 0.717) is 5.92 Å². The van der Waals surface area contributed by atoms with Crippen LogP contribution in [0, 0.1) is 17.5 Å². The van der Waals surface area contributed by atoms with Gasteiger partial charge in [-0.3, -0.25) is 0 Å². The summed E-state index contributed by atoms with van der Waals surface area (Å²) in [4.78, 5) is 9.47. The van der Waals surface area contributed by atoms with E-state index < -0.39 is 8.07 Å². The van der Waals surface area contributed by atoms with Gasteiger partial charge in [0, 0.05) is 43.1 Å². The van der Waals surface area contributed by atoms with E-state index in [-0.39, 0.29) is 25.5 Å². The summed E-state index contributed by atoms with van der Waals surface area (Å²) < 4.78 is 2.54. The summed E-state index contributed by atoms with van der Waals surface area (Å²) in [6.07, 6.45) is 5.14. The second-order valence-corrected chi connectivity index (χ2v) is 22.4. The van der Waals surface area contributed by atoms with Gasteiger partial charge in [0.1, 0.15) is 0 Å². The zero-order valence-corrected chi connectivity index (χ0v) is 37.0. The van der Waals surface area contributed by atoms with Gasteiger partial charge in [0.2, 0.25) is 0 Å². The van der Waals surface area contributed by atoms with Crippen LogP contribution in [0.15, 0.2) is 146 Å². The van der Waals surface area contributed by atoms with Crippen LogP contribution in [0.25, 0.3) is 53.8 Å². The van der Waals surface area contributed by atoms with E-state index in [1.54, 1.807) is 0 Å². The zero-order valence-electron chi connectivity index (χ0n) is 32.8. The molecule has 0 amide bonds. The quantitative estimate of drug-likeness (QED) is 0.118. The first-order chi connectivity index (χ1) is 26.0. The number of pyridine rings is 2. The second kappa shape index (κ2) is 17.1. The Kier molecular flexibility index (Phi) is 12.5. The number of benzene rings is 5. The average molecular weight is 929 g/mol. The van der Waals surface area contributed by atoms with E-state index in [1.165, 1.54) is 53.2 Å². The molecule has 0 N–H and O–H groups in total. The molecule has 1 atom stereocenters. The van der Waals surface area contributed by atoms with E-state index in [2.05, 4.69) is 175 Å². The first-order valence-electron chi connectivity index (χ1n) is 18.9. The molecule has 1 unspecified atom stereocenters. The Morgan fingerprint density at radius 2 is 1.44 bits per heavy atom. The third-order valence-corrected chi connectivity index (χ3v) is 13.1. The molecular weight excluding hydrogens is 881 g/mol. The molecule has 0 aliphatic rings. The van der Waals surface area contributed by atoms with Gasteiger partial charge in [-0.25, -0.2) is 0 Å². The van der Waals surface area contributed by atoms with E-state index in [1.807, 2.05) is 41.8 Å². The third-order valence-electron chi connectivity index (χ3n) is 9.88. The molecule has 0 spiro atoms. The van der Waals surface area contributed by atoms with Gasteiger partial charge in [-0.2, -0.15) is 11.3 Å². The molecule has 5 aromatic carbocycles. The number of nitrogens with zero attached hydrogens (tertiary/aromatic N) is 2. The van der Waals surface area contributed by atoms with Gasteiger partial charge in [-0.1, -0.05) is 143 Å². The molecule has 0 saturated heterocycles. The van der Waals surface area contributed by atoms with Crippen LogP contribution in [0.2, 0.25) is 19.6 Å². The zero-order chi connectivity index (χ0) is 37.9. The molecule has 8 aromatic rings. The molecule has 0 bridgehead atoms. The van der Waals surface area contributed by atoms with Crippen molar-refractivity contribution in [3.8, 4) is 33.6 Å². The molecule has 1 radical (unpaired) electrons. The van der Waals surface area contributed by atoms with Crippen molar-refractivity contribution in [2.24, 2.45) is 5.41 Å². The number of aromatic nitrogens is 2. The molecule has 3 aromatic heterocycles. The summed E-state index contributed by atoms with van der Waals surface area (Å²) in [5, 5.41) is 4.07. The fraction of sp³-hybridized carbons (Fsp3) is 0.200. The van der Waals surface area contributed by atoms with Crippen molar-refractivity contribution in [3.63, 3.8) is 0 Å². The van der Waals surface area contributed by atoms with Gasteiger partial charge in [0.05, 0.1) is 8.07 Å². The summed E-state index contributed by atoms with van der Waals surface area (Å²) in [6.45, 7) is 16.3. The fourth-order valence-corrected chi connectivity index (χ4v) is 10.0. The van der Waals surface area contributed by atoms with Crippen molar-refractivity contribution in [2.45, 2.75) is 59.7 Å². The largest absolute Gasteiger partial charge is 0.305 e. The summed E-state index contributed by atoms with van der Waals surface area (Å²) >= 11 is 1.83. The van der Waals surface area contributed by atoms with E-state index in [4.69, 9.17) is 9.97 Å². The van der Waals surface area contributed by atoms with E-state index >= 15 is 0 Å². The number of hydrogen-bond acceptors (Lipinski definition) is 3. The molecule has 3 heterocycles. The number of rotatable bonds is 7. The Morgan fingerprint density at radius 3 is 2.13 bits per heavy atom. The van der Waals surface area contributed by atoms with Gasteiger partial charge < -0.3 is 9.97 Å². The first kappa shape index (κ1) is 40.2.